The van der Waals surface area contributed by atoms with Gasteiger partial charge in [-0.1, -0.05) is 44.2 Å². The molecule has 0 aromatic heterocycles. The Balaban J connectivity index is 2.32. The minimum atomic E-state index is -4.06. The number of carbonyl (C=O) groups excluding carboxylic acids is 1. The maximum absolute atomic E-state index is 13.3. The zero-order chi connectivity index (χ0) is 23.9. The SMILES string of the molecule is [B]C(=O)N[C@@H](Cc1ccccc1)[C@H](O)CN(CC(C)C)S(=O)(=O)c1ccc(OC)c(O)c1. The predicted octanol–water partition coefficient (Wildman–Crippen LogP) is 1.90. The van der Waals surface area contributed by atoms with Gasteiger partial charge in [0.05, 0.1) is 24.2 Å². The molecule has 172 valence electrons. The Bertz CT molecular complexity index is 1000. The number of aromatic hydroxyl groups is 1. The van der Waals surface area contributed by atoms with Crippen molar-refractivity contribution in [2.24, 2.45) is 5.92 Å². The second-order valence-corrected chi connectivity index (χ2v) is 9.86. The van der Waals surface area contributed by atoms with Crippen LogP contribution in [0, 0.1) is 5.92 Å². The van der Waals surface area contributed by atoms with Crippen LogP contribution in [0.2, 0.25) is 0 Å². The number of methoxy groups -OCH3 is 1. The summed E-state index contributed by atoms with van der Waals surface area (Å²) in [4.78, 5) is 11.4. The van der Waals surface area contributed by atoms with Crippen LogP contribution in [0.25, 0.3) is 0 Å². The monoisotopic (exact) mass is 460 g/mol. The summed E-state index contributed by atoms with van der Waals surface area (Å²) in [5.41, 5.74) is 0.851. The second kappa shape index (κ2) is 11.4. The Hall–Kier alpha value is -2.56. The lowest BCUT2D eigenvalue weighted by Gasteiger charge is -2.30. The van der Waals surface area contributed by atoms with E-state index in [1.807, 2.05) is 44.2 Å². The Kier molecular flexibility index (Phi) is 9.12. The maximum atomic E-state index is 13.3. The lowest BCUT2D eigenvalue weighted by Crippen LogP contribution is -2.50. The number of nitrogens with one attached hydrogen (secondary N) is 1. The molecule has 0 unspecified atom stereocenters. The van der Waals surface area contributed by atoms with Crippen molar-refractivity contribution in [2.75, 3.05) is 20.2 Å². The zero-order valence-electron chi connectivity index (χ0n) is 18.4. The first-order valence-corrected chi connectivity index (χ1v) is 11.6. The molecule has 0 aliphatic heterocycles. The van der Waals surface area contributed by atoms with Crippen LogP contribution < -0.4 is 10.1 Å². The van der Waals surface area contributed by atoms with Crippen LogP contribution in [0.3, 0.4) is 0 Å². The molecule has 2 rings (SSSR count). The third kappa shape index (κ3) is 6.98. The molecule has 10 heteroatoms. The summed E-state index contributed by atoms with van der Waals surface area (Å²) in [5, 5.41) is 23.4. The molecular formula is C22H29BN2O6S. The van der Waals surface area contributed by atoms with Gasteiger partial charge in [-0.2, -0.15) is 4.31 Å². The number of phenols is 1. The van der Waals surface area contributed by atoms with Gasteiger partial charge in [-0.3, -0.25) is 4.79 Å². The van der Waals surface area contributed by atoms with Crippen molar-refractivity contribution in [1.29, 1.82) is 0 Å². The van der Waals surface area contributed by atoms with Gasteiger partial charge in [-0.25, -0.2) is 8.42 Å². The fourth-order valence-electron chi connectivity index (χ4n) is 3.33. The summed E-state index contributed by atoms with van der Waals surface area (Å²) in [6.07, 6.45) is -0.966. The third-order valence-corrected chi connectivity index (χ3v) is 6.67. The van der Waals surface area contributed by atoms with E-state index < -0.39 is 28.0 Å². The van der Waals surface area contributed by atoms with Gasteiger partial charge in [0.2, 0.25) is 17.9 Å². The van der Waals surface area contributed by atoms with E-state index in [0.717, 1.165) is 15.9 Å². The van der Waals surface area contributed by atoms with Crippen molar-refractivity contribution in [2.45, 2.75) is 37.3 Å². The topological polar surface area (TPSA) is 116 Å². The van der Waals surface area contributed by atoms with Crippen LogP contribution in [0.15, 0.2) is 53.4 Å². The zero-order valence-corrected chi connectivity index (χ0v) is 19.2. The van der Waals surface area contributed by atoms with E-state index >= 15 is 0 Å². The van der Waals surface area contributed by atoms with E-state index in [9.17, 15) is 23.4 Å². The smallest absolute Gasteiger partial charge is 0.243 e. The fourth-order valence-corrected chi connectivity index (χ4v) is 4.97. The minimum Gasteiger partial charge on any atom is -0.504 e. The first-order chi connectivity index (χ1) is 15.0. The lowest BCUT2D eigenvalue weighted by atomic mass is 9.99. The minimum absolute atomic E-state index is 0.0412. The van der Waals surface area contributed by atoms with Gasteiger partial charge < -0.3 is 20.3 Å². The van der Waals surface area contributed by atoms with Crippen LogP contribution in [0.5, 0.6) is 11.5 Å². The van der Waals surface area contributed by atoms with Crippen LogP contribution in [-0.4, -0.2) is 68.9 Å². The second-order valence-electron chi connectivity index (χ2n) is 7.92. The summed E-state index contributed by atoms with van der Waals surface area (Å²) < 4.78 is 32.7. The molecule has 8 nitrogen and oxygen atoms in total. The summed E-state index contributed by atoms with van der Waals surface area (Å²) in [6.45, 7) is 3.55. The summed E-state index contributed by atoms with van der Waals surface area (Å²) in [7, 11) is 2.59. The lowest BCUT2D eigenvalue weighted by molar-refractivity contribution is 0.106. The molecule has 3 N–H and O–H groups in total. The standard InChI is InChI=1S/C22H29BN2O6S/c1-15(2)13-25(32(29,30)17-9-10-21(31-3)19(26)12-17)14-20(27)18(24-22(23)28)11-16-7-5-4-6-8-16/h4-10,12,15,18,20,26-27H,11,13-14H2,1-3H3,(H,24,28)/t18-,20+/m0/s1. The molecule has 0 heterocycles. The largest absolute Gasteiger partial charge is 0.504 e. The average Bonchev–Trinajstić information content (AvgIpc) is 2.72. The van der Waals surface area contributed by atoms with Crippen molar-refractivity contribution in [3.63, 3.8) is 0 Å². The van der Waals surface area contributed by atoms with Crippen LogP contribution in [-0.2, 0) is 16.4 Å². The van der Waals surface area contributed by atoms with Crippen LogP contribution in [0.1, 0.15) is 19.4 Å². The Morgan fingerprint density at radius 3 is 2.34 bits per heavy atom. The number of rotatable bonds is 11. The quantitative estimate of drug-likeness (QED) is 0.441. The first kappa shape index (κ1) is 25.7. The van der Waals surface area contributed by atoms with Crippen LogP contribution in [0.4, 0.5) is 4.79 Å². The normalized spacial score (nSPS) is 13.7. The Morgan fingerprint density at radius 1 is 1.16 bits per heavy atom. The number of amides is 1. The molecule has 0 aliphatic carbocycles. The molecule has 1 amide bonds. The highest BCUT2D eigenvalue weighted by Gasteiger charge is 2.31. The number of aliphatic hydroxyl groups excluding tert-OH is 1. The van der Waals surface area contributed by atoms with Gasteiger partial charge in [0.25, 0.3) is 0 Å². The molecule has 0 fully saturated rings. The van der Waals surface area contributed by atoms with Gasteiger partial charge in [0.1, 0.15) is 0 Å². The van der Waals surface area contributed by atoms with Crippen molar-refractivity contribution in [1.82, 2.24) is 9.62 Å². The number of hydrogen-bond acceptors (Lipinski definition) is 6. The third-order valence-electron chi connectivity index (χ3n) is 4.84. The summed E-state index contributed by atoms with van der Waals surface area (Å²) >= 11 is 0. The fraction of sp³-hybridized carbons (Fsp3) is 0.409. The Labute approximate surface area is 190 Å². The molecule has 2 aromatic carbocycles. The molecule has 2 atom stereocenters. The molecule has 0 saturated carbocycles. The highest BCUT2D eigenvalue weighted by molar-refractivity contribution is 7.89. The van der Waals surface area contributed by atoms with Gasteiger partial charge in [-0.05, 0) is 30.0 Å². The number of nitrogens with zero attached hydrogens (tertiary/aromatic N) is 1. The number of sulfonamides is 1. The summed E-state index contributed by atoms with van der Waals surface area (Å²) in [6, 6.07) is 12.2. The van der Waals surface area contributed by atoms with Gasteiger partial charge in [0.15, 0.2) is 17.3 Å². The van der Waals surface area contributed by atoms with Gasteiger partial charge >= 0.3 is 0 Å². The molecule has 0 spiro atoms. The molecule has 0 aliphatic rings. The summed E-state index contributed by atoms with van der Waals surface area (Å²) in [5.74, 6) is -1.02. The molecule has 0 saturated heterocycles. The maximum Gasteiger partial charge on any atom is 0.243 e. The number of hydrogen-bond donors (Lipinski definition) is 3. The molecule has 32 heavy (non-hydrogen) atoms. The first-order valence-electron chi connectivity index (χ1n) is 10.2. The van der Waals surface area contributed by atoms with E-state index in [1.165, 1.54) is 19.2 Å². The van der Waals surface area contributed by atoms with Crippen molar-refractivity contribution < 1.29 is 28.2 Å². The van der Waals surface area contributed by atoms with Crippen molar-refractivity contribution in [3.8, 4) is 11.5 Å². The van der Waals surface area contributed by atoms with Gasteiger partial charge in [-0.15, -0.1) is 0 Å². The predicted molar refractivity (Wildman–Crippen MR) is 122 cm³/mol. The van der Waals surface area contributed by atoms with Crippen molar-refractivity contribution in [3.05, 3.63) is 54.1 Å². The number of phenolic OH excluding ortho intramolecular Hbond substituents is 1. The number of carbonyl (C=O) groups is 1. The molecular weight excluding hydrogens is 431 g/mol. The number of aliphatic hydroxyl groups is 1. The van der Waals surface area contributed by atoms with Crippen molar-refractivity contribution >= 4 is 23.7 Å². The highest BCUT2D eigenvalue weighted by Crippen LogP contribution is 2.30. The van der Waals surface area contributed by atoms with E-state index in [-0.39, 0.29) is 41.8 Å². The van der Waals surface area contributed by atoms with Gasteiger partial charge in [0, 0.05) is 19.2 Å². The average molecular weight is 460 g/mol. The number of ether oxygens (including phenoxy) is 1. The number of benzene rings is 2. The molecule has 2 radical (unpaired) electrons. The van der Waals surface area contributed by atoms with E-state index in [2.05, 4.69) is 5.32 Å². The Morgan fingerprint density at radius 2 is 1.81 bits per heavy atom. The highest BCUT2D eigenvalue weighted by atomic mass is 32.2. The van der Waals surface area contributed by atoms with E-state index in [0.29, 0.717) is 0 Å². The van der Waals surface area contributed by atoms with Crippen LogP contribution >= 0.6 is 0 Å². The van der Waals surface area contributed by atoms with E-state index in [4.69, 9.17) is 12.6 Å². The molecule has 0 bridgehead atoms. The molecule has 2 aromatic rings. The van der Waals surface area contributed by atoms with E-state index in [1.54, 1.807) is 0 Å².